The van der Waals surface area contributed by atoms with Gasteiger partial charge in [0, 0.05) is 24.3 Å². The molecular weight excluding hydrogens is 248 g/mol. The van der Waals surface area contributed by atoms with E-state index in [1.165, 1.54) is 24.8 Å². The Morgan fingerprint density at radius 1 is 1.30 bits per heavy atom. The van der Waals surface area contributed by atoms with Crippen molar-refractivity contribution >= 4 is 0 Å². The van der Waals surface area contributed by atoms with Gasteiger partial charge in [0.05, 0.1) is 6.61 Å². The molecule has 2 aliphatic carbocycles. The Morgan fingerprint density at radius 3 is 2.95 bits per heavy atom. The zero-order valence-corrected chi connectivity index (χ0v) is 12.2. The van der Waals surface area contributed by atoms with Crippen LogP contribution in [0.5, 0.6) is 5.88 Å². The first kappa shape index (κ1) is 13.6. The summed E-state index contributed by atoms with van der Waals surface area (Å²) in [6, 6.07) is 4.82. The molecule has 1 N–H and O–H groups in total. The molecule has 108 valence electrons. The fourth-order valence-corrected chi connectivity index (χ4v) is 2.66. The number of nitrogens with zero attached hydrogens (tertiary/aromatic N) is 1. The van der Waals surface area contributed by atoms with Crippen molar-refractivity contribution in [3.63, 3.8) is 0 Å². The Morgan fingerprint density at radius 2 is 2.15 bits per heavy atom. The highest BCUT2D eigenvalue weighted by Gasteiger charge is 2.22. The van der Waals surface area contributed by atoms with Crippen molar-refractivity contribution in [1.29, 1.82) is 0 Å². The average Bonchev–Trinajstić information content (AvgIpc) is 3.29. The van der Waals surface area contributed by atoms with Crippen molar-refractivity contribution in [2.75, 3.05) is 6.61 Å². The first-order chi connectivity index (χ1) is 9.83. The summed E-state index contributed by atoms with van der Waals surface area (Å²) in [6.45, 7) is 3.96. The lowest BCUT2D eigenvalue weighted by Crippen LogP contribution is -2.22. The van der Waals surface area contributed by atoms with Gasteiger partial charge in [-0.1, -0.05) is 25.1 Å². The fourth-order valence-electron chi connectivity index (χ4n) is 2.66. The standard InChI is InChI=1S/C17H24N2O/c1-13-5-2-3-6-15(13)12-20-17-14(7-4-10-18-17)11-19-16-8-9-16/h2-4,7,10,13,15-16,19H,5-6,8-9,11-12H2,1H3. The number of rotatable bonds is 6. The number of aromatic nitrogens is 1. The van der Waals surface area contributed by atoms with Gasteiger partial charge in [-0.2, -0.15) is 0 Å². The molecule has 1 saturated carbocycles. The van der Waals surface area contributed by atoms with Crippen LogP contribution in [0.4, 0.5) is 0 Å². The van der Waals surface area contributed by atoms with Crippen LogP contribution < -0.4 is 10.1 Å². The Hall–Kier alpha value is -1.35. The minimum absolute atomic E-state index is 0.617. The molecule has 3 heteroatoms. The molecule has 1 fully saturated rings. The number of allylic oxidation sites excluding steroid dienone is 2. The van der Waals surface area contributed by atoms with E-state index in [0.29, 0.717) is 17.9 Å². The first-order valence-electron chi connectivity index (χ1n) is 7.78. The second kappa shape index (κ2) is 6.40. The molecule has 20 heavy (non-hydrogen) atoms. The van der Waals surface area contributed by atoms with Crippen LogP contribution in [0.15, 0.2) is 30.5 Å². The topological polar surface area (TPSA) is 34.1 Å². The molecule has 0 bridgehead atoms. The quantitative estimate of drug-likeness (QED) is 0.807. The van der Waals surface area contributed by atoms with Gasteiger partial charge in [-0.05, 0) is 43.6 Å². The predicted molar refractivity (Wildman–Crippen MR) is 80.6 cm³/mol. The number of hydrogen-bond donors (Lipinski definition) is 1. The Balaban J connectivity index is 1.56. The zero-order valence-electron chi connectivity index (χ0n) is 12.2. The van der Waals surface area contributed by atoms with Crippen LogP contribution in [-0.4, -0.2) is 17.6 Å². The summed E-state index contributed by atoms with van der Waals surface area (Å²) in [7, 11) is 0. The number of pyridine rings is 1. The van der Waals surface area contributed by atoms with Gasteiger partial charge in [0.15, 0.2) is 0 Å². The van der Waals surface area contributed by atoms with Crippen LogP contribution in [0.25, 0.3) is 0 Å². The number of hydrogen-bond acceptors (Lipinski definition) is 3. The monoisotopic (exact) mass is 272 g/mol. The maximum Gasteiger partial charge on any atom is 0.217 e. The first-order valence-corrected chi connectivity index (χ1v) is 7.78. The molecule has 0 amide bonds. The minimum Gasteiger partial charge on any atom is -0.477 e. The normalized spacial score (nSPS) is 25.6. The molecule has 0 saturated heterocycles. The van der Waals surface area contributed by atoms with Crippen LogP contribution in [0.3, 0.4) is 0 Å². The SMILES string of the molecule is CC1CC=CCC1COc1ncccc1CNC1CC1. The molecule has 2 atom stereocenters. The van der Waals surface area contributed by atoms with Gasteiger partial charge in [-0.15, -0.1) is 0 Å². The maximum absolute atomic E-state index is 6.01. The Labute approximate surface area is 121 Å². The molecule has 1 aromatic rings. The molecule has 0 spiro atoms. The molecular formula is C17H24N2O. The van der Waals surface area contributed by atoms with Crippen LogP contribution in [0.2, 0.25) is 0 Å². The van der Waals surface area contributed by atoms with Gasteiger partial charge in [-0.3, -0.25) is 0 Å². The smallest absolute Gasteiger partial charge is 0.217 e. The third-order valence-corrected chi connectivity index (χ3v) is 4.36. The highest BCUT2D eigenvalue weighted by molar-refractivity contribution is 5.25. The lowest BCUT2D eigenvalue weighted by Gasteiger charge is -2.25. The zero-order chi connectivity index (χ0) is 13.8. The van der Waals surface area contributed by atoms with E-state index in [9.17, 15) is 0 Å². The second-order valence-corrected chi connectivity index (χ2v) is 6.11. The summed E-state index contributed by atoms with van der Waals surface area (Å²) < 4.78 is 6.01. The van der Waals surface area contributed by atoms with Crippen molar-refractivity contribution in [2.45, 2.75) is 45.2 Å². The highest BCUT2D eigenvalue weighted by atomic mass is 16.5. The number of nitrogens with one attached hydrogen (secondary N) is 1. The van der Waals surface area contributed by atoms with E-state index in [0.717, 1.165) is 25.5 Å². The fraction of sp³-hybridized carbons (Fsp3) is 0.588. The molecule has 0 aromatic carbocycles. The predicted octanol–water partition coefficient (Wildman–Crippen LogP) is 3.31. The highest BCUT2D eigenvalue weighted by Crippen LogP contribution is 2.26. The molecule has 2 unspecified atom stereocenters. The van der Waals surface area contributed by atoms with Gasteiger partial charge >= 0.3 is 0 Å². The van der Waals surface area contributed by atoms with Crippen LogP contribution >= 0.6 is 0 Å². The third kappa shape index (κ3) is 3.60. The van der Waals surface area contributed by atoms with Crippen LogP contribution in [0.1, 0.15) is 38.2 Å². The molecule has 1 heterocycles. The molecule has 3 rings (SSSR count). The van der Waals surface area contributed by atoms with E-state index in [1.54, 1.807) is 0 Å². The van der Waals surface area contributed by atoms with Gasteiger partial charge in [-0.25, -0.2) is 4.98 Å². The molecule has 3 nitrogen and oxygen atoms in total. The van der Waals surface area contributed by atoms with Gasteiger partial charge in [0.25, 0.3) is 0 Å². The molecule has 0 radical (unpaired) electrons. The summed E-state index contributed by atoms with van der Waals surface area (Å²) in [5.74, 6) is 2.13. The van der Waals surface area contributed by atoms with E-state index in [-0.39, 0.29) is 0 Å². The van der Waals surface area contributed by atoms with E-state index < -0.39 is 0 Å². The van der Waals surface area contributed by atoms with Gasteiger partial charge in [0.1, 0.15) is 0 Å². The lowest BCUT2D eigenvalue weighted by atomic mass is 9.85. The molecule has 2 aliphatic rings. The summed E-state index contributed by atoms with van der Waals surface area (Å²) in [5.41, 5.74) is 1.18. The minimum atomic E-state index is 0.617. The van der Waals surface area contributed by atoms with Crippen molar-refractivity contribution in [3.8, 4) is 5.88 Å². The second-order valence-electron chi connectivity index (χ2n) is 6.11. The van der Waals surface area contributed by atoms with Crippen molar-refractivity contribution in [3.05, 3.63) is 36.0 Å². The summed E-state index contributed by atoms with van der Waals surface area (Å²) in [4.78, 5) is 4.41. The number of ether oxygens (including phenoxy) is 1. The van der Waals surface area contributed by atoms with E-state index in [4.69, 9.17) is 4.74 Å². The summed E-state index contributed by atoms with van der Waals surface area (Å²) >= 11 is 0. The Kier molecular flexibility index (Phi) is 4.36. The molecule has 0 aliphatic heterocycles. The average molecular weight is 272 g/mol. The van der Waals surface area contributed by atoms with Crippen molar-refractivity contribution in [2.24, 2.45) is 11.8 Å². The summed E-state index contributed by atoms with van der Waals surface area (Å²) in [5, 5.41) is 3.53. The summed E-state index contributed by atoms with van der Waals surface area (Å²) in [6.07, 6.45) is 11.3. The van der Waals surface area contributed by atoms with E-state index in [1.807, 2.05) is 12.3 Å². The molecule has 1 aromatic heterocycles. The van der Waals surface area contributed by atoms with E-state index >= 15 is 0 Å². The van der Waals surface area contributed by atoms with Gasteiger partial charge < -0.3 is 10.1 Å². The Bertz CT molecular complexity index is 468. The lowest BCUT2D eigenvalue weighted by molar-refractivity contribution is 0.191. The maximum atomic E-state index is 6.01. The van der Waals surface area contributed by atoms with Gasteiger partial charge in [0.2, 0.25) is 5.88 Å². The van der Waals surface area contributed by atoms with Crippen LogP contribution in [-0.2, 0) is 6.54 Å². The largest absolute Gasteiger partial charge is 0.477 e. The van der Waals surface area contributed by atoms with E-state index in [2.05, 4.69) is 35.4 Å². The van der Waals surface area contributed by atoms with Crippen molar-refractivity contribution in [1.82, 2.24) is 10.3 Å². The van der Waals surface area contributed by atoms with Crippen molar-refractivity contribution < 1.29 is 4.74 Å². The third-order valence-electron chi connectivity index (χ3n) is 4.36. The van der Waals surface area contributed by atoms with Crippen LogP contribution in [0, 0.1) is 11.8 Å².